The standard InChI is InChI=1S/C30H21Cl2N3O3/c1-18-7-6-10-23-26(22-9-3-4-11-24(22)32)28(34-27(18)23)29(36)35-33-17-20-8-2-5-12-25(20)38-30(37)19-13-15-21(31)16-14-19/h2-17,34H,1H3,(H,35,36). The molecule has 0 radical (unpaired) electrons. The highest BCUT2D eigenvalue weighted by atomic mass is 35.5. The molecule has 5 aromatic rings. The summed E-state index contributed by atoms with van der Waals surface area (Å²) in [5.74, 6) is -0.685. The molecule has 1 aromatic heterocycles. The fourth-order valence-corrected chi connectivity index (χ4v) is 4.48. The summed E-state index contributed by atoms with van der Waals surface area (Å²) < 4.78 is 5.55. The molecule has 2 N–H and O–H groups in total. The van der Waals surface area contributed by atoms with E-state index >= 15 is 0 Å². The third-order valence-corrected chi connectivity index (χ3v) is 6.57. The summed E-state index contributed by atoms with van der Waals surface area (Å²) in [6, 6.07) is 26.5. The van der Waals surface area contributed by atoms with Crippen LogP contribution in [-0.2, 0) is 0 Å². The number of hydrogen-bond acceptors (Lipinski definition) is 4. The van der Waals surface area contributed by atoms with Crippen LogP contribution in [-0.4, -0.2) is 23.1 Å². The van der Waals surface area contributed by atoms with Crippen molar-refractivity contribution in [1.82, 2.24) is 10.4 Å². The maximum atomic E-state index is 13.3. The topological polar surface area (TPSA) is 83.5 Å². The molecule has 38 heavy (non-hydrogen) atoms. The summed E-state index contributed by atoms with van der Waals surface area (Å²) in [6.07, 6.45) is 1.42. The van der Waals surface area contributed by atoms with E-state index in [-0.39, 0.29) is 0 Å². The van der Waals surface area contributed by atoms with Gasteiger partial charge in [-0.2, -0.15) is 5.10 Å². The molecule has 1 heterocycles. The number of aromatic amines is 1. The van der Waals surface area contributed by atoms with Gasteiger partial charge in [-0.05, 0) is 55.0 Å². The van der Waals surface area contributed by atoms with Gasteiger partial charge >= 0.3 is 5.97 Å². The van der Waals surface area contributed by atoms with Crippen LogP contribution in [0.3, 0.4) is 0 Å². The second-order valence-corrected chi connectivity index (χ2v) is 9.33. The number of nitrogens with one attached hydrogen (secondary N) is 2. The van der Waals surface area contributed by atoms with Gasteiger partial charge in [0.15, 0.2) is 0 Å². The minimum Gasteiger partial charge on any atom is -0.422 e. The Morgan fingerprint density at radius 2 is 1.63 bits per heavy atom. The number of hydrogen-bond donors (Lipinski definition) is 2. The van der Waals surface area contributed by atoms with Gasteiger partial charge in [0.1, 0.15) is 11.4 Å². The van der Waals surface area contributed by atoms with Gasteiger partial charge in [-0.3, -0.25) is 4.79 Å². The van der Waals surface area contributed by atoms with Crippen LogP contribution in [0.15, 0.2) is 96.1 Å². The van der Waals surface area contributed by atoms with Crippen LogP contribution in [0.1, 0.15) is 32.0 Å². The number of nitrogens with zero attached hydrogens (tertiary/aromatic N) is 1. The summed E-state index contributed by atoms with van der Waals surface area (Å²) in [6.45, 7) is 1.97. The van der Waals surface area contributed by atoms with Crippen molar-refractivity contribution in [3.63, 3.8) is 0 Å². The Balaban J connectivity index is 1.41. The van der Waals surface area contributed by atoms with Gasteiger partial charge in [0.2, 0.25) is 0 Å². The van der Waals surface area contributed by atoms with Gasteiger partial charge in [-0.15, -0.1) is 0 Å². The summed E-state index contributed by atoms with van der Waals surface area (Å²) in [7, 11) is 0. The van der Waals surface area contributed by atoms with Gasteiger partial charge in [0.25, 0.3) is 5.91 Å². The molecular formula is C30H21Cl2N3O3. The van der Waals surface area contributed by atoms with Gasteiger partial charge in [-0.25, -0.2) is 10.2 Å². The van der Waals surface area contributed by atoms with E-state index in [1.807, 2.05) is 43.3 Å². The smallest absolute Gasteiger partial charge is 0.343 e. The normalized spacial score (nSPS) is 11.1. The number of aromatic nitrogens is 1. The molecule has 0 aliphatic carbocycles. The number of esters is 1. The summed E-state index contributed by atoms with van der Waals surface area (Å²) >= 11 is 12.4. The zero-order valence-electron chi connectivity index (χ0n) is 20.2. The van der Waals surface area contributed by atoms with Crippen LogP contribution >= 0.6 is 23.2 Å². The zero-order valence-corrected chi connectivity index (χ0v) is 21.7. The molecule has 0 atom stereocenters. The van der Waals surface area contributed by atoms with Crippen LogP contribution in [0.25, 0.3) is 22.0 Å². The van der Waals surface area contributed by atoms with Crippen LogP contribution in [0.5, 0.6) is 5.75 Å². The number of fused-ring (bicyclic) bond motifs is 1. The Bertz CT molecular complexity index is 1690. The van der Waals surface area contributed by atoms with E-state index in [1.54, 1.807) is 54.6 Å². The maximum absolute atomic E-state index is 13.3. The molecule has 8 heteroatoms. The second-order valence-electron chi connectivity index (χ2n) is 8.49. The quantitative estimate of drug-likeness (QED) is 0.101. The van der Waals surface area contributed by atoms with E-state index in [0.717, 1.165) is 22.0 Å². The van der Waals surface area contributed by atoms with Crippen molar-refractivity contribution in [2.24, 2.45) is 5.10 Å². The van der Waals surface area contributed by atoms with Crippen molar-refractivity contribution < 1.29 is 14.3 Å². The first-order valence-corrected chi connectivity index (χ1v) is 12.4. The number of amides is 1. The lowest BCUT2D eigenvalue weighted by Crippen LogP contribution is -2.19. The zero-order chi connectivity index (χ0) is 26.6. The minimum atomic E-state index is -0.538. The number of para-hydroxylation sites is 2. The molecular weight excluding hydrogens is 521 g/mol. The van der Waals surface area contributed by atoms with E-state index in [9.17, 15) is 9.59 Å². The number of ether oxygens (including phenoxy) is 1. The molecule has 188 valence electrons. The van der Waals surface area contributed by atoms with Gasteiger partial charge in [0, 0.05) is 37.6 Å². The lowest BCUT2D eigenvalue weighted by Gasteiger charge is -2.08. The van der Waals surface area contributed by atoms with E-state index in [2.05, 4.69) is 15.5 Å². The lowest BCUT2D eigenvalue weighted by atomic mass is 10.0. The predicted octanol–water partition coefficient (Wildman–Crippen LogP) is 7.43. The lowest BCUT2D eigenvalue weighted by molar-refractivity contribution is 0.0734. The Kier molecular flexibility index (Phi) is 7.26. The van der Waals surface area contributed by atoms with Gasteiger partial charge in [-0.1, -0.05) is 71.7 Å². The number of rotatable bonds is 6. The fraction of sp³-hybridized carbons (Fsp3) is 0.0333. The largest absolute Gasteiger partial charge is 0.422 e. The predicted molar refractivity (Wildman–Crippen MR) is 151 cm³/mol. The van der Waals surface area contributed by atoms with Crippen molar-refractivity contribution in [3.8, 4) is 16.9 Å². The third kappa shape index (κ3) is 5.18. The SMILES string of the molecule is Cc1cccc2c(-c3ccccc3Cl)c(C(=O)NN=Cc3ccccc3OC(=O)c3ccc(Cl)cc3)[nH]c12. The molecule has 0 saturated carbocycles. The van der Waals surface area contributed by atoms with Crippen LogP contribution in [0.2, 0.25) is 10.0 Å². The Morgan fingerprint density at radius 1 is 0.895 bits per heavy atom. The Hall–Kier alpha value is -4.39. The average Bonchev–Trinajstić information content (AvgIpc) is 3.31. The van der Waals surface area contributed by atoms with Crippen molar-refractivity contribution in [2.75, 3.05) is 0 Å². The Morgan fingerprint density at radius 3 is 2.42 bits per heavy atom. The molecule has 0 bridgehead atoms. The molecule has 0 saturated heterocycles. The maximum Gasteiger partial charge on any atom is 0.343 e. The molecule has 4 aromatic carbocycles. The molecule has 1 amide bonds. The van der Waals surface area contributed by atoms with Gasteiger partial charge < -0.3 is 9.72 Å². The molecule has 0 aliphatic rings. The van der Waals surface area contributed by atoms with Gasteiger partial charge in [0.05, 0.1) is 11.8 Å². The first kappa shape index (κ1) is 25.3. The minimum absolute atomic E-state index is 0.295. The molecule has 0 unspecified atom stereocenters. The first-order valence-electron chi connectivity index (χ1n) is 11.7. The van der Waals surface area contributed by atoms with E-state index in [4.69, 9.17) is 27.9 Å². The van der Waals surface area contributed by atoms with Crippen LogP contribution in [0, 0.1) is 6.92 Å². The number of halogens is 2. The summed E-state index contributed by atoms with van der Waals surface area (Å²) in [5, 5.41) is 6.07. The molecule has 5 rings (SSSR count). The number of carbonyl (C=O) groups is 2. The van der Waals surface area contributed by atoms with Crippen molar-refractivity contribution in [3.05, 3.63) is 123 Å². The van der Waals surface area contributed by atoms with Crippen LogP contribution in [0.4, 0.5) is 0 Å². The van der Waals surface area contributed by atoms with Crippen molar-refractivity contribution in [1.29, 1.82) is 0 Å². The van der Waals surface area contributed by atoms with Crippen molar-refractivity contribution >= 4 is 52.2 Å². The first-order chi connectivity index (χ1) is 18.4. The highest BCUT2D eigenvalue weighted by Gasteiger charge is 2.21. The fourth-order valence-electron chi connectivity index (χ4n) is 4.12. The highest BCUT2D eigenvalue weighted by Crippen LogP contribution is 2.37. The monoisotopic (exact) mass is 541 g/mol. The summed E-state index contributed by atoms with van der Waals surface area (Å²) in [4.78, 5) is 29.1. The Labute approximate surface area is 228 Å². The number of hydrazone groups is 1. The molecule has 0 fully saturated rings. The van der Waals surface area contributed by atoms with E-state index < -0.39 is 11.9 Å². The average molecular weight is 542 g/mol. The third-order valence-electron chi connectivity index (χ3n) is 5.98. The molecule has 6 nitrogen and oxygen atoms in total. The van der Waals surface area contributed by atoms with Crippen molar-refractivity contribution in [2.45, 2.75) is 6.92 Å². The summed E-state index contributed by atoms with van der Waals surface area (Å²) in [5.41, 5.74) is 7.05. The van der Waals surface area contributed by atoms with E-state index in [0.29, 0.717) is 38.2 Å². The van der Waals surface area contributed by atoms with Crippen LogP contribution < -0.4 is 10.2 Å². The number of benzene rings is 4. The number of carbonyl (C=O) groups excluding carboxylic acids is 2. The number of H-pyrrole nitrogens is 1. The highest BCUT2D eigenvalue weighted by molar-refractivity contribution is 6.34. The van der Waals surface area contributed by atoms with E-state index in [1.165, 1.54) is 6.21 Å². The molecule has 0 spiro atoms. The number of aryl methyl sites for hydroxylation is 1. The molecule has 0 aliphatic heterocycles. The second kappa shape index (κ2) is 10.9.